The van der Waals surface area contributed by atoms with E-state index in [2.05, 4.69) is 5.32 Å². The highest BCUT2D eigenvalue weighted by molar-refractivity contribution is 7.92. The van der Waals surface area contributed by atoms with Gasteiger partial charge in [-0.2, -0.15) is 0 Å². The topological polar surface area (TPSA) is 139 Å². The number of nitrogens with zero attached hydrogens (tertiary/aromatic N) is 3. The van der Waals surface area contributed by atoms with Crippen LogP contribution in [0.15, 0.2) is 102 Å². The molecule has 13 heteroatoms. The maximum atomic E-state index is 14.5. The molecule has 0 heterocycles. The Balaban J connectivity index is 1.83. The molecule has 252 valence electrons. The Morgan fingerprint density at radius 3 is 2.23 bits per heavy atom. The van der Waals surface area contributed by atoms with Crippen molar-refractivity contribution < 1.29 is 32.1 Å². The maximum Gasteiger partial charge on any atom is 0.273 e. The molecule has 0 aliphatic heterocycles. The number of halogens is 1. The van der Waals surface area contributed by atoms with Crippen LogP contribution in [0.3, 0.4) is 0 Å². The van der Waals surface area contributed by atoms with E-state index in [0.717, 1.165) is 15.9 Å². The molecule has 4 rings (SSSR count). The normalized spacial score (nSPS) is 11.8. The molecule has 0 spiro atoms. The van der Waals surface area contributed by atoms with E-state index in [0.29, 0.717) is 24.3 Å². The van der Waals surface area contributed by atoms with Crippen LogP contribution in [0.25, 0.3) is 0 Å². The highest BCUT2D eigenvalue weighted by Crippen LogP contribution is 2.30. The molecule has 0 fully saturated rings. The summed E-state index contributed by atoms with van der Waals surface area (Å²) in [5.41, 5.74) is 1.23. The number of sulfonamides is 1. The van der Waals surface area contributed by atoms with Crippen molar-refractivity contribution in [3.05, 3.63) is 130 Å². The third kappa shape index (κ3) is 8.73. The lowest BCUT2D eigenvalue weighted by Gasteiger charge is -2.34. The third-order valence-electron chi connectivity index (χ3n) is 7.69. The SMILES string of the molecule is CCCNC(=O)C(Cc1ccccc1)N(Cc1ccc(F)cc1)C(=O)CN(c1ccc(OC)cc1)S(=O)(=O)c1ccc(C)c([N+](=O)[O-])c1. The van der Waals surface area contributed by atoms with E-state index < -0.39 is 55.7 Å². The molecule has 0 saturated heterocycles. The van der Waals surface area contributed by atoms with Crippen LogP contribution in [-0.4, -0.2) is 56.3 Å². The second kappa shape index (κ2) is 16.0. The van der Waals surface area contributed by atoms with E-state index in [4.69, 9.17) is 4.74 Å². The van der Waals surface area contributed by atoms with Crippen LogP contribution in [0.2, 0.25) is 0 Å². The average Bonchev–Trinajstić information content (AvgIpc) is 3.08. The Hall–Kier alpha value is -5.30. The van der Waals surface area contributed by atoms with Crippen molar-refractivity contribution in [2.75, 3.05) is 24.5 Å². The Morgan fingerprint density at radius 2 is 1.62 bits per heavy atom. The van der Waals surface area contributed by atoms with Gasteiger partial charge in [0.1, 0.15) is 24.2 Å². The first-order valence-corrected chi connectivity index (χ1v) is 16.7. The largest absolute Gasteiger partial charge is 0.497 e. The van der Waals surface area contributed by atoms with Gasteiger partial charge < -0.3 is 15.0 Å². The van der Waals surface area contributed by atoms with E-state index >= 15 is 0 Å². The molecule has 0 aliphatic rings. The van der Waals surface area contributed by atoms with Crippen molar-refractivity contribution >= 4 is 33.2 Å². The molecule has 0 radical (unpaired) electrons. The van der Waals surface area contributed by atoms with E-state index in [9.17, 15) is 32.5 Å². The lowest BCUT2D eigenvalue weighted by molar-refractivity contribution is -0.385. The Morgan fingerprint density at radius 1 is 0.958 bits per heavy atom. The summed E-state index contributed by atoms with van der Waals surface area (Å²) in [6.45, 7) is 2.83. The first-order chi connectivity index (χ1) is 22.9. The number of hydrogen-bond donors (Lipinski definition) is 1. The second-order valence-corrected chi connectivity index (χ2v) is 12.9. The van der Waals surface area contributed by atoms with Gasteiger partial charge in [-0.3, -0.25) is 24.0 Å². The van der Waals surface area contributed by atoms with Crippen molar-refractivity contribution in [2.45, 2.75) is 44.2 Å². The predicted octanol–water partition coefficient (Wildman–Crippen LogP) is 5.41. The van der Waals surface area contributed by atoms with Gasteiger partial charge in [0.05, 0.1) is 22.6 Å². The van der Waals surface area contributed by atoms with E-state index in [-0.39, 0.29) is 24.2 Å². The molecule has 0 bridgehead atoms. The van der Waals surface area contributed by atoms with Gasteiger partial charge >= 0.3 is 0 Å². The molecule has 0 aliphatic carbocycles. The summed E-state index contributed by atoms with van der Waals surface area (Å²) in [6, 6.07) is 22.9. The Bertz CT molecular complexity index is 1840. The zero-order chi connectivity index (χ0) is 34.8. The number of carbonyl (C=O) groups excluding carboxylic acids is 2. The molecule has 11 nitrogen and oxygen atoms in total. The lowest BCUT2D eigenvalue weighted by atomic mass is 10.0. The number of ether oxygens (including phenoxy) is 1. The van der Waals surface area contributed by atoms with Crippen molar-refractivity contribution in [1.82, 2.24) is 10.2 Å². The van der Waals surface area contributed by atoms with Crippen LogP contribution in [0.5, 0.6) is 5.75 Å². The number of aryl methyl sites for hydroxylation is 1. The van der Waals surface area contributed by atoms with Gasteiger partial charge in [-0.15, -0.1) is 0 Å². The number of hydrogen-bond acceptors (Lipinski definition) is 7. The third-order valence-corrected chi connectivity index (χ3v) is 9.46. The second-order valence-electron chi connectivity index (χ2n) is 11.1. The predicted molar refractivity (Wildman–Crippen MR) is 180 cm³/mol. The fourth-order valence-electron chi connectivity index (χ4n) is 5.06. The highest BCUT2D eigenvalue weighted by atomic mass is 32.2. The quantitative estimate of drug-likeness (QED) is 0.131. The van der Waals surface area contributed by atoms with Crippen molar-refractivity contribution in [3.63, 3.8) is 0 Å². The molecule has 4 aromatic rings. The molecular weight excluding hydrogens is 639 g/mol. The number of nitro benzene ring substituents is 1. The zero-order valence-corrected chi connectivity index (χ0v) is 27.7. The molecule has 2 amide bonds. The molecular formula is C35H37FN4O7S. The summed E-state index contributed by atoms with van der Waals surface area (Å²) < 4.78 is 48.4. The van der Waals surface area contributed by atoms with Crippen LogP contribution in [-0.2, 0) is 32.6 Å². The first-order valence-electron chi connectivity index (χ1n) is 15.2. The highest BCUT2D eigenvalue weighted by Gasteiger charge is 2.35. The van der Waals surface area contributed by atoms with Crippen LogP contribution < -0.4 is 14.4 Å². The number of carbonyl (C=O) groups is 2. The monoisotopic (exact) mass is 676 g/mol. The number of rotatable bonds is 15. The molecule has 1 unspecified atom stereocenters. The number of anilines is 1. The molecule has 0 saturated carbocycles. The summed E-state index contributed by atoms with van der Waals surface area (Å²) in [5, 5.41) is 14.6. The van der Waals surface area contributed by atoms with Gasteiger partial charge in [0.2, 0.25) is 11.8 Å². The van der Waals surface area contributed by atoms with Crippen LogP contribution >= 0.6 is 0 Å². The molecule has 1 N–H and O–H groups in total. The lowest BCUT2D eigenvalue weighted by Crippen LogP contribution is -2.53. The maximum absolute atomic E-state index is 14.5. The van der Waals surface area contributed by atoms with Crippen molar-refractivity contribution in [1.29, 1.82) is 0 Å². The summed E-state index contributed by atoms with van der Waals surface area (Å²) in [6.07, 6.45) is 0.755. The van der Waals surface area contributed by atoms with Crippen LogP contribution in [0.1, 0.15) is 30.0 Å². The minimum Gasteiger partial charge on any atom is -0.497 e. The van der Waals surface area contributed by atoms with Crippen LogP contribution in [0, 0.1) is 22.9 Å². The first kappa shape index (κ1) is 35.6. The van der Waals surface area contributed by atoms with Gasteiger partial charge in [-0.25, -0.2) is 12.8 Å². The fraction of sp³-hybridized carbons (Fsp3) is 0.257. The number of benzene rings is 4. The van der Waals surface area contributed by atoms with Crippen molar-refractivity contribution in [2.24, 2.45) is 0 Å². The average molecular weight is 677 g/mol. The van der Waals surface area contributed by atoms with E-state index in [1.807, 2.05) is 25.1 Å². The molecule has 48 heavy (non-hydrogen) atoms. The molecule has 4 aromatic carbocycles. The van der Waals surface area contributed by atoms with Gasteiger partial charge in [-0.05, 0) is 66.9 Å². The minimum atomic E-state index is -4.58. The number of amides is 2. The molecule has 1 atom stereocenters. The zero-order valence-electron chi connectivity index (χ0n) is 26.8. The van der Waals surface area contributed by atoms with Crippen molar-refractivity contribution in [3.8, 4) is 5.75 Å². The Labute approximate surface area is 279 Å². The van der Waals surface area contributed by atoms with Gasteiger partial charge in [0.25, 0.3) is 15.7 Å². The number of nitrogens with one attached hydrogen (secondary N) is 1. The number of nitro groups is 1. The van der Waals surface area contributed by atoms with Gasteiger partial charge in [0, 0.05) is 31.1 Å². The smallest absolute Gasteiger partial charge is 0.273 e. The van der Waals surface area contributed by atoms with E-state index in [1.165, 1.54) is 79.6 Å². The summed E-state index contributed by atoms with van der Waals surface area (Å²) in [5.74, 6) is -1.22. The van der Waals surface area contributed by atoms with Gasteiger partial charge in [-0.1, -0.05) is 55.5 Å². The summed E-state index contributed by atoms with van der Waals surface area (Å²) >= 11 is 0. The minimum absolute atomic E-state index is 0.0872. The van der Waals surface area contributed by atoms with E-state index in [1.54, 1.807) is 12.1 Å². The fourth-order valence-corrected chi connectivity index (χ4v) is 6.49. The van der Waals surface area contributed by atoms with Gasteiger partial charge in [0.15, 0.2) is 0 Å². The summed E-state index contributed by atoms with van der Waals surface area (Å²) in [7, 11) is -3.14. The Kier molecular flexibility index (Phi) is 11.9. The molecule has 0 aromatic heterocycles. The summed E-state index contributed by atoms with van der Waals surface area (Å²) in [4.78, 5) is 40.1. The standard InChI is InChI=1S/C35H37FN4O7S/c1-4-20-37-35(42)33(21-26-8-6-5-7-9-26)38(23-27-11-13-28(36)14-12-27)34(41)24-39(29-15-17-30(47-3)18-16-29)48(45,46)31-19-10-25(2)32(22-31)40(43)44/h5-19,22,33H,4,20-21,23-24H2,1-3H3,(H,37,42). The number of methoxy groups -OCH3 is 1. The van der Waals surface area contributed by atoms with Crippen LogP contribution in [0.4, 0.5) is 15.8 Å².